The molecular formula is C17H28ClNO. The minimum Gasteiger partial charge on any atom is -0.497 e. The number of rotatable bonds is 5. The Hall–Kier alpha value is -0.730. The van der Waals surface area contributed by atoms with Crippen LogP contribution in [-0.4, -0.2) is 19.7 Å². The van der Waals surface area contributed by atoms with E-state index in [0.29, 0.717) is 6.04 Å². The zero-order valence-corrected chi connectivity index (χ0v) is 14.0. The number of methoxy groups -OCH3 is 1. The minimum absolute atomic E-state index is 0. The molecule has 1 atom stereocenters. The number of halogens is 1. The zero-order chi connectivity index (χ0) is 13.9. The van der Waals surface area contributed by atoms with Gasteiger partial charge in [0.05, 0.1) is 7.11 Å². The first kappa shape index (κ1) is 17.3. The molecule has 114 valence electrons. The maximum absolute atomic E-state index is 5.36. The fourth-order valence-electron chi connectivity index (χ4n) is 3.18. The molecule has 0 fully saturated rings. The Morgan fingerprint density at radius 2 is 2.10 bits per heavy atom. The topological polar surface area (TPSA) is 21.3 Å². The molecule has 0 bridgehead atoms. The van der Waals surface area contributed by atoms with Gasteiger partial charge in [0.1, 0.15) is 5.75 Å². The van der Waals surface area contributed by atoms with E-state index in [1.165, 1.54) is 30.4 Å². The second-order valence-corrected chi connectivity index (χ2v) is 6.32. The SMILES string of the molecule is CCCCNC1Cc2ccc(OC)cc2C(C)(C)C1.Cl. The van der Waals surface area contributed by atoms with Gasteiger partial charge < -0.3 is 10.1 Å². The van der Waals surface area contributed by atoms with E-state index in [0.717, 1.165) is 18.7 Å². The van der Waals surface area contributed by atoms with E-state index in [-0.39, 0.29) is 17.8 Å². The van der Waals surface area contributed by atoms with Crippen molar-refractivity contribution in [1.82, 2.24) is 5.32 Å². The van der Waals surface area contributed by atoms with Gasteiger partial charge in [0.2, 0.25) is 0 Å². The van der Waals surface area contributed by atoms with Crippen molar-refractivity contribution in [3.05, 3.63) is 29.3 Å². The van der Waals surface area contributed by atoms with Crippen molar-refractivity contribution in [2.24, 2.45) is 0 Å². The third-order valence-corrected chi connectivity index (χ3v) is 4.23. The molecular weight excluding hydrogens is 270 g/mol. The molecule has 20 heavy (non-hydrogen) atoms. The van der Waals surface area contributed by atoms with Crippen LogP contribution >= 0.6 is 12.4 Å². The van der Waals surface area contributed by atoms with Gasteiger partial charge in [-0.05, 0) is 54.5 Å². The van der Waals surface area contributed by atoms with Crippen molar-refractivity contribution in [3.63, 3.8) is 0 Å². The van der Waals surface area contributed by atoms with Gasteiger partial charge in [-0.15, -0.1) is 12.4 Å². The zero-order valence-electron chi connectivity index (χ0n) is 13.2. The van der Waals surface area contributed by atoms with Gasteiger partial charge in [0.15, 0.2) is 0 Å². The minimum atomic E-state index is 0. The number of benzene rings is 1. The number of hydrogen-bond acceptors (Lipinski definition) is 2. The quantitative estimate of drug-likeness (QED) is 0.826. The molecule has 3 heteroatoms. The molecule has 0 heterocycles. The normalized spacial score (nSPS) is 19.9. The molecule has 1 aromatic carbocycles. The summed E-state index contributed by atoms with van der Waals surface area (Å²) >= 11 is 0. The van der Waals surface area contributed by atoms with Crippen molar-refractivity contribution in [1.29, 1.82) is 0 Å². The highest BCUT2D eigenvalue weighted by Gasteiger charge is 2.32. The third-order valence-electron chi connectivity index (χ3n) is 4.23. The van der Waals surface area contributed by atoms with Gasteiger partial charge in [-0.25, -0.2) is 0 Å². The molecule has 1 aromatic rings. The fraction of sp³-hybridized carbons (Fsp3) is 0.647. The molecule has 0 saturated carbocycles. The highest BCUT2D eigenvalue weighted by molar-refractivity contribution is 5.85. The van der Waals surface area contributed by atoms with Gasteiger partial charge >= 0.3 is 0 Å². The Balaban J connectivity index is 0.00000200. The maximum atomic E-state index is 5.36. The van der Waals surface area contributed by atoms with E-state index >= 15 is 0 Å². The number of ether oxygens (including phenoxy) is 1. The third kappa shape index (κ3) is 3.89. The number of nitrogens with one attached hydrogen (secondary N) is 1. The highest BCUT2D eigenvalue weighted by Crippen LogP contribution is 2.38. The Labute approximate surface area is 129 Å². The summed E-state index contributed by atoms with van der Waals surface area (Å²) in [6.45, 7) is 8.08. The molecule has 2 nitrogen and oxygen atoms in total. The monoisotopic (exact) mass is 297 g/mol. The van der Waals surface area contributed by atoms with Crippen molar-refractivity contribution < 1.29 is 4.74 Å². The van der Waals surface area contributed by atoms with Crippen LogP contribution in [0.15, 0.2) is 18.2 Å². The second-order valence-electron chi connectivity index (χ2n) is 6.32. The highest BCUT2D eigenvalue weighted by atomic mass is 35.5. The summed E-state index contributed by atoms with van der Waals surface area (Å²) in [5.74, 6) is 0.976. The van der Waals surface area contributed by atoms with Crippen LogP contribution in [-0.2, 0) is 11.8 Å². The number of unbranched alkanes of at least 4 members (excludes halogenated alkanes) is 1. The molecule has 0 amide bonds. The first-order valence-electron chi connectivity index (χ1n) is 7.47. The molecule has 0 aliphatic heterocycles. The van der Waals surface area contributed by atoms with Crippen LogP contribution in [0.25, 0.3) is 0 Å². The number of hydrogen-bond donors (Lipinski definition) is 1. The summed E-state index contributed by atoms with van der Waals surface area (Å²) in [4.78, 5) is 0. The molecule has 1 N–H and O–H groups in total. The predicted octanol–water partition coefficient (Wildman–Crippen LogP) is 4.10. The van der Waals surface area contributed by atoms with Gasteiger partial charge in [-0.1, -0.05) is 33.3 Å². The lowest BCUT2D eigenvalue weighted by Gasteiger charge is -2.38. The molecule has 0 saturated heterocycles. The lowest BCUT2D eigenvalue weighted by molar-refractivity contribution is 0.339. The number of fused-ring (bicyclic) bond motifs is 1. The molecule has 0 aromatic heterocycles. The van der Waals surface area contributed by atoms with Crippen LogP contribution < -0.4 is 10.1 Å². The molecule has 2 rings (SSSR count). The van der Waals surface area contributed by atoms with E-state index in [1.807, 2.05) is 0 Å². The van der Waals surface area contributed by atoms with Crippen LogP contribution in [0.5, 0.6) is 5.75 Å². The first-order chi connectivity index (χ1) is 9.06. The molecule has 1 aliphatic rings. The standard InChI is InChI=1S/C17H27NO.ClH/c1-5-6-9-18-14-10-13-7-8-15(19-4)11-16(13)17(2,3)12-14;/h7-8,11,14,18H,5-6,9-10,12H2,1-4H3;1H. The summed E-state index contributed by atoms with van der Waals surface area (Å²) in [5, 5.41) is 3.72. The summed E-state index contributed by atoms with van der Waals surface area (Å²) in [6, 6.07) is 7.16. The van der Waals surface area contributed by atoms with Crippen LogP contribution in [0.1, 0.15) is 51.2 Å². The van der Waals surface area contributed by atoms with E-state index in [4.69, 9.17) is 4.74 Å². The summed E-state index contributed by atoms with van der Waals surface area (Å²) in [5.41, 5.74) is 3.16. The predicted molar refractivity (Wildman–Crippen MR) is 88.3 cm³/mol. The van der Waals surface area contributed by atoms with E-state index in [9.17, 15) is 0 Å². The van der Waals surface area contributed by atoms with Gasteiger partial charge in [-0.2, -0.15) is 0 Å². The van der Waals surface area contributed by atoms with E-state index < -0.39 is 0 Å². The average molecular weight is 298 g/mol. The molecule has 1 aliphatic carbocycles. The Morgan fingerprint density at radius 1 is 1.35 bits per heavy atom. The average Bonchev–Trinajstić information content (AvgIpc) is 2.38. The van der Waals surface area contributed by atoms with Crippen molar-refractivity contribution in [2.75, 3.05) is 13.7 Å². The van der Waals surface area contributed by atoms with Gasteiger partial charge in [0, 0.05) is 6.04 Å². The van der Waals surface area contributed by atoms with Crippen molar-refractivity contribution in [2.45, 2.75) is 57.9 Å². The van der Waals surface area contributed by atoms with Crippen LogP contribution in [0.4, 0.5) is 0 Å². The summed E-state index contributed by atoms with van der Waals surface area (Å²) in [6.07, 6.45) is 4.88. The van der Waals surface area contributed by atoms with Gasteiger partial charge in [-0.3, -0.25) is 0 Å². The summed E-state index contributed by atoms with van der Waals surface area (Å²) in [7, 11) is 1.74. The fourth-order valence-corrected chi connectivity index (χ4v) is 3.18. The second kappa shape index (κ2) is 7.33. The Bertz CT molecular complexity index is 431. The largest absolute Gasteiger partial charge is 0.497 e. The summed E-state index contributed by atoms with van der Waals surface area (Å²) < 4.78 is 5.36. The lowest BCUT2D eigenvalue weighted by atomic mass is 9.70. The maximum Gasteiger partial charge on any atom is 0.119 e. The molecule has 1 unspecified atom stereocenters. The lowest BCUT2D eigenvalue weighted by Crippen LogP contribution is -2.41. The van der Waals surface area contributed by atoms with Crippen molar-refractivity contribution in [3.8, 4) is 5.75 Å². The first-order valence-corrected chi connectivity index (χ1v) is 7.47. The van der Waals surface area contributed by atoms with Crippen LogP contribution in [0.3, 0.4) is 0 Å². The van der Waals surface area contributed by atoms with Crippen molar-refractivity contribution >= 4 is 12.4 Å². The van der Waals surface area contributed by atoms with Crippen LogP contribution in [0.2, 0.25) is 0 Å². The van der Waals surface area contributed by atoms with Crippen LogP contribution in [0, 0.1) is 0 Å². The van der Waals surface area contributed by atoms with E-state index in [2.05, 4.69) is 44.3 Å². The Morgan fingerprint density at radius 3 is 2.75 bits per heavy atom. The Kier molecular flexibility index (Phi) is 6.35. The molecule has 0 radical (unpaired) electrons. The van der Waals surface area contributed by atoms with Gasteiger partial charge in [0.25, 0.3) is 0 Å². The van der Waals surface area contributed by atoms with E-state index in [1.54, 1.807) is 7.11 Å². The smallest absolute Gasteiger partial charge is 0.119 e. The molecule has 0 spiro atoms.